The molecule has 0 atom stereocenters. The molecule has 0 bridgehead atoms. The van der Waals surface area contributed by atoms with Gasteiger partial charge in [-0.3, -0.25) is 9.88 Å². The Morgan fingerprint density at radius 2 is 1.71 bits per heavy atom. The molecule has 1 aliphatic heterocycles. The lowest BCUT2D eigenvalue weighted by Crippen LogP contribution is -2.33. The molecule has 1 aromatic rings. The van der Waals surface area contributed by atoms with Gasteiger partial charge in [0.15, 0.2) is 0 Å². The zero-order valence-corrected chi connectivity index (χ0v) is 14.8. The van der Waals surface area contributed by atoms with Crippen molar-refractivity contribution in [3.05, 3.63) is 29.1 Å². The van der Waals surface area contributed by atoms with Gasteiger partial charge in [0, 0.05) is 5.69 Å². The quantitative estimate of drug-likeness (QED) is 0.697. The highest BCUT2D eigenvalue weighted by atomic mass is 16.6. The van der Waals surface area contributed by atoms with Crippen molar-refractivity contribution in [2.24, 2.45) is 0 Å². The topological polar surface area (TPSA) is 42.4 Å². The normalized spacial score (nSPS) is 12.5. The first-order valence-electron chi connectivity index (χ1n) is 7.78. The summed E-state index contributed by atoms with van der Waals surface area (Å²) in [4.78, 5) is 18.0. The third kappa shape index (κ3) is 6.15. The highest BCUT2D eigenvalue weighted by Crippen LogP contribution is 2.23. The highest BCUT2D eigenvalue weighted by molar-refractivity contribution is 5.69. The molecule has 1 aliphatic rings. The largest absolute Gasteiger partial charge is 0.444 e. The predicted molar refractivity (Wildman–Crippen MR) is 87.2 cm³/mol. The number of carbonyl (C=O) groups excluding carboxylic acids is 1. The number of hydrogen-bond donors (Lipinski definition) is 0. The lowest BCUT2D eigenvalue weighted by Gasteiger charge is -2.23. The minimum Gasteiger partial charge on any atom is -0.444 e. The molecule has 0 fully saturated rings. The summed E-state index contributed by atoms with van der Waals surface area (Å²) in [5.41, 5.74) is 2.63. The fourth-order valence-electron chi connectivity index (χ4n) is 1.82. The molecule has 0 aromatic carbocycles. The van der Waals surface area contributed by atoms with Gasteiger partial charge in [-0.2, -0.15) is 0 Å². The van der Waals surface area contributed by atoms with E-state index < -0.39 is 5.60 Å². The van der Waals surface area contributed by atoms with Crippen LogP contribution in [0.5, 0.6) is 0 Å². The monoisotopic (exact) mass is 294 g/mol. The van der Waals surface area contributed by atoms with E-state index in [1.165, 1.54) is 0 Å². The summed E-state index contributed by atoms with van der Waals surface area (Å²) >= 11 is 0. The van der Waals surface area contributed by atoms with Crippen LogP contribution in [-0.2, 0) is 17.8 Å². The fraction of sp³-hybridized carbons (Fsp3) is 0.647. The minimum absolute atomic E-state index is 0.270. The average molecular weight is 294 g/mol. The standard InChI is InChI=1S/C13H18N2O2.2C2H6/c1-9-5-6-10-7-15(8-11(10)14-9)12(16)17-13(2,3)4;2*1-2/h5-6H,7-8H2,1-4H3;2*1-2H3. The van der Waals surface area contributed by atoms with E-state index in [4.69, 9.17) is 4.74 Å². The fourth-order valence-corrected chi connectivity index (χ4v) is 1.82. The van der Waals surface area contributed by atoms with E-state index in [2.05, 4.69) is 4.98 Å². The second kappa shape index (κ2) is 8.65. The molecular formula is C17H30N2O2. The molecule has 1 amide bonds. The number of rotatable bonds is 0. The van der Waals surface area contributed by atoms with Crippen molar-refractivity contribution < 1.29 is 9.53 Å². The summed E-state index contributed by atoms with van der Waals surface area (Å²) < 4.78 is 5.34. The molecule has 0 N–H and O–H groups in total. The van der Waals surface area contributed by atoms with Gasteiger partial charge in [-0.1, -0.05) is 33.8 Å². The number of hydrogen-bond acceptors (Lipinski definition) is 3. The van der Waals surface area contributed by atoms with Crippen molar-refractivity contribution in [3.8, 4) is 0 Å². The van der Waals surface area contributed by atoms with Gasteiger partial charge >= 0.3 is 6.09 Å². The van der Waals surface area contributed by atoms with Gasteiger partial charge in [0.25, 0.3) is 0 Å². The van der Waals surface area contributed by atoms with Crippen molar-refractivity contribution in [2.75, 3.05) is 0 Å². The van der Waals surface area contributed by atoms with Crippen LogP contribution in [0.4, 0.5) is 4.79 Å². The zero-order valence-electron chi connectivity index (χ0n) is 14.8. The van der Waals surface area contributed by atoms with Gasteiger partial charge in [-0.05, 0) is 39.3 Å². The SMILES string of the molecule is CC.CC.Cc1ccc2c(n1)CN(C(=O)OC(C)(C)C)C2. The first kappa shape index (κ1) is 19.4. The van der Waals surface area contributed by atoms with E-state index in [-0.39, 0.29) is 6.09 Å². The van der Waals surface area contributed by atoms with Crippen molar-refractivity contribution >= 4 is 6.09 Å². The van der Waals surface area contributed by atoms with Crippen LogP contribution in [0.15, 0.2) is 12.1 Å². The van der Waals surface area contributed by atoms with Crippen molar-refractivity contribution in [1.29, 1.82) is 0 Å². The van der Waals surface area contributed by atoms with E-state index in [1.54, 1.807) is 4.90 Å². The summed E-state index contributed by atoms with van der Waals surface area (Å²) in [5, 5.41) is 0. The first-order chi connectivity index (χ1) is 9.85. The van der Waals surface area contributed by atoms with E-state index >= 15 is 0 Å². The van der Waals surface area contributed by atoms with Crippen LogP contribution < -0.4 is 0 Å². The molecule has 2 rings (SSSR count). The van der Waals surface area contributed by atoms with Gasteiger partial charge in [0.1, 0.15) is 5.60 Å². The van der Waals surface area contributed by atoms with Crippen molar-refractivity contribution in [3.63, 3.8) is 0 Å². The van der Waals surface area contributed by atoms with Crippen LogP contribution >= 0.6 is 0 Å². The summed E-state index contributed by atoms with van der Waals surface area (Å²) in [6, 6.07) is 4.00. The number of pyridine rings is 1. The molecule has 120 valence electrons. The first-order valence-corrected chi connectivity index (χ1v) is 7.78. The lowest BCUT2D eigenvalue weighted by molar-refractivity contribution is 0.0240. The molecule has 0 unspecified atom stereocenters. The van der Waals surface area contributed by atoms with Gasteiger partial charge < -0.3 is 4.74 Å². The van der Waals surface area contributed by atoms with Crippen LogP contribution in [0.25, 0.3) is 0 Å². The van der Waals surface area contributed by atoms with Crippen LogP contribution in [0.3, 0.4) is 0 Å². The highest BCUT2D eigenvalue weighted by Gasteiger charge is 2.28. The Balaban J connectivity index is 0.000000921. The molecule has 0 aliphatic carbocycles. The summed E-state index contributed by atoms with van der Waals surface area (Å²) in [6.07, 6.45) is -0.270. The molecule has 4 nitrogen and oxygen atoms in total. The maximum Gasteiger partial charge on any atom is 0.410 e. The van der Waals surface area contributed by atoms with Gasteiger partial charge in [-0.25, -0.2) is 4.79 Å². The smallest absolute Gasteiger partial charge is 0.410 e. The molecule has 4 heteroatoms. The summed E-state index contributed by atoms with van der Waals surface area (Å²) in [7, 11) is 0. The number of ether oxygens (including phenoxy) is 1. The third-order valence-electron chi connectivity index (χ3n) is 2.56. The lowest BCUT2D eigenvalue weighted by atomic mass is 10.2. The van der Waals surface area contributed by atoms with E-state index in [1.807, 2.05) is 67.5 Å². The third-order valence-corrected chi connectivity index (χ3v) is 2.56. The van der Waals surface area contributed by atoms with Crippen LogP contribution in [0.1, 0.15) is 65.4 Å². The molecule has 2 heterocycles. The number of amides is 1. The van der Waals surface area contributed by atoms with Crippen molar-refractivity contribution in [1.82, 2.24) is 9.88 Å². The van der Waals surface area contributed by atoms with Crippen LogP contribution in [-0.4, -0.2) is 21.6 Å². The average Bonchev–Trinajstić information content (AvgIpc) is 2.84. The Bertz CT molecular complexity index is 451. The molecule has 0 spiro atoms. The predicted octanol–water partition coefficient (Wildman–Crippen LogP) is 4.69. The number of nitrogens with zero attached hydrogens (tertiary/aromatic N) is 2. The Morgan fingerprint density at radius 1 is 1.14 bits per heavy atom. The van der Waals surface area contributed by atoms with Crippen LogP contribution in [0.2, 0.25) is 0 Å². The Hall–Kier alpha value is -1.58. The number of fused-ring (bicyclic) bond motifs is 1. The molecule has 21 heavy (non-hydrogen) atoms. The molecule has 0 radical (unpaired) electrons. The van der Waals surface area contributed by atoms with Crippen LogP contribution in [0, 0.1) is 6.92 Å². The molecule has 0 saturated heterocycles. The van der Waals surface area contributed by atoms with Gasteiger partial charge in [-0.15, -0.1) is 0 Å². The number of carbonyl (C=O) groups is 1. The number of aromatic nitrogens is 1. The Labute approximate surface area is 129 Å². The zero-order chi connectivity index (χ0) is 16.6. The maximum atomic E-state index is 11.9. The molecule has 0 saturated carbocycles. The van der Waals surface area contributed by atoms with E-state index in [0.717, 1.165) is 17.0 Å². The summed E-state index contributed by atoms with van der Waals surface area (Å²) in [6.45, 7) is 16.7. The molecular weight excluding hydrogens is 264 g/mol. The van der Waals surface area contributed by atoms with E-state index in [0.29, 0.717) is 13.1 Å². The number of aryl methyl sites for hydroxylation is 1. The second-order valence-corrected chi connectivity index (χ2v) is 5.39. The van der Waals surface area contributed by atoms with Gasteiger partial charge in [0.05, 0.1) is 18.8 Å². The van der Waals surface area contributed by atoms with Gasteiger partial charge in [0.2, 0.25) is 0 Å². The van der Waals surface area contributed by atoms with Crippen molar-refractivity contribution in [2.45, 2.75) is 74.1 Å². The maximum absolute atomic E-state index is 11.9. The minimum atomic E-state index is -0.449. The second-order valence-electron chi connectivity index (χ2n) is 5.39. The van der Waals surface area contributed by atoms with E-state index in [9.17, 15) is 4.79 Å². The summed E-state index contributed by atoms with van der Waals surface area (Å²) in [5.74, 6) is 0. The Kier molecular flexibility index (Phi) is 8.00. The Morgan fingerprint density at radius 3 is 2.24 bits per heavy atom. The molecule has 1 aromatic heterocycles.